The van der Waals surface area contributed by atoms with E-state index in [1.54, 1.807) is 0 Å². The Morgan fingerprint density at radius 2 is 0.879 bits per heavy atom. The summed E-state index contributed by atoms with van der Waals surface area (Å²) in [6.07, 6.45) is 0. The van der Waals surface area contributed by atoms with Crippen LogP contribution < -0.4 is 9.80 Å². The Bertz CT molecular complexity index is 855. The van der Waals surface area contributed by atoms with Gasteiger partial charge in [0.1, 0.15) is 0 Å². The molecule has 0 aliphatic rings. The van der Waals surface area contributed by atoms with E-state index in [1.165, 1.54) is 0 Å². The molecule has 0 radical (unpaired) electrons. The van der Waals surface area contributed by atoms with Crippen molar-refractivity contribution in [2.45, 2.75) is 0 Å². The van der Waals surface area contributed by atoms with E-state index in [2.05, 4.69) is 0 Å². The van der Waals surface area contributed by atoms with Gasteiger partial charge in [-0.3, -0.25) is 14.5 Å². The molecule has 0 unspecified atom stereocenters. The molecule has 0 fully saturated rings. The molecule has 2 aromatic carbocycles. The molecule has 0 saturated carbocycles. The van der Waals surface area contributed by atoms with Crippen molar-refractivity contribution in [3.63, 3.8) is 0 Å². The van der Waals surface area contributed by atoms with Crippen molar-refractivity contribution in [2.24, 2.45) is 0 Å². The second-order valence-corrected chi connectivity index (χ2v) is 7.68. The summed E-state index contributed by atoms with van der Waals surface area (Å²) in [5.74, 6) is 0. The zero-order valence-corrected chi connectivity index (χ0v) is 18.9. The third-order valence-corrected chi connectivity index (χ3v) is 4.52. The van der Waals surface area contributed by atoms with Gasteiger partial charge in [0.2, 0.25) is 0 Å². The second kappa shape index (κ2) is 14.5. The highest BCUT2D eigenvalue weighted by Crippen LogP contribution is 2.20. The Morgan fingerprint density at radius 3 is 1.09 bits per heavy atom. The Balaban J connectivity index is 0.000000981. The number of rotatable bonds is 12. The number of nitrogens with zero attached hydrogens (tertiary/aromatic N) is 2. The van der Waals surface area contributed by atoms with Gasteiger partial charge in [-0.15, -0.1) is 0 Å². The van der Waals surface area contributed by atoms with Crippen molar-refractivity contribution in [3.05, 3.63) is 59.7 Å². The number of nitrogens with one attached hydrogen (secondary N) is 1. The summed E-state index contributed by atoms with van der Waals surface area (Å²) in [6.45, 7) is 1.80. The number of aliphatic hydroxyl groups is 4. The van der Waals surface area contributed by atoms with Crippen LogP contribution in [0.3, 0.4) is 0 Å². The third-order valence-electron chi connectivity index (χ3n) is 4.52. The zero-order valence-electron chi connectivity index (χ0n) is 18.1. The normalized spacial score (nSPS) is 10.8. The second-order valence-electron chi connectivity index (χ2n) is 6.79. The number of hydrogen-bond acceptors (Lipinski definition) is 9. The largest absolute Gasteiger partial charge is 0.395 e. The van der Waals surface area contributed by atoms with Crippen molar-refractivity contribution in [3.8, 4) is 0 Å². The van der Waals surface area contributed by atoms with Gasteiger partial charge in [-0.05, 0) is 24.3 Å². The average Bonchev–Trinajstić information content (AvgIpc) is 2.77. The Kier molecular flexibility index (Phi) is 12.5. The smallest absolute Gasteiger partial charge is 0.394 e. The minimum Gasteiger partial charge on any atom is -0.395 e. The van der Waals surface area contributed by atoms with E-state index in [-0.39, 0.29) is 26.4 Å². The molecule has 7 N–H and O–H groups in total. The maximum atomic E-state index is 9.16. The SMILES string of the molecule is N=C(c1ccc(N(CCO)CCO)cc1)c1ccc(N(CCO)CCO)cc1.O=S(=O)(O)O. The van der Waals surface area contributed by atoms with E-state index in [0.717, 1.165) is 22.5 Å². The van der Waals surface area contributed by atoms with Crippen LogP contribution in [0.25, 0.3) is 0 Å². The van der Waals surface area contributed by atoms with Crippen LogP contribution in [0.15, 0.2) is 48.5 Å². The van der Waals surface area contributed by atoms with Gasteiger partial charge in [0.25, 0.3) is 0 Å². The molecule has 0 bridgehead atoms. The van der Waals surface area contributed by atoms with Gasteiger partial charge in [-0.2, -0.15) is 8.42 Å². The summed E-state index contributed by atoms with van der Waals surface area (Å²) >= 11 is 0. The lowest BCUT2D eigenvalue weighted by Gasteiger charge is -2.23. The van der Waals surface area contributed by atoms with Gasteiger partial charge in [0.05, 0.1) is 32.1 Å². The monoisotopic (exact) mass is 485 g/mol. The molecule has 2 aromatic rings. The first-order chi connectivity index (χ1) is 15.6. The lowest BCUT2D eigenvalue weighted by molar-refractivity contribution is 0.280. The first kappa shape index (κ1) is 28.5. The number of hydrogen-bond donors (Lipinski definition) is 7. The molecule has 0 aliphatic carbocycles. The molecule has 0 aliphatic heterocycles. The van der Waals surface area contributed by atoms with Gasteiger partial charge in [-0.25, -0.2) is 0 Å². The van der Waals surface area contributed by atoms with E-state index in [0.29, 0.717) is 31.9 Å². The predicted molar refractivity (Wildman–Crippen MR) is 126 cm³/mol. The third kappa shape index (κ3) is 10.7. The molecule has 12 heteroatoms. The Morgan fingerprint density at radius 1 is 0.636 bits per heavy atom. The lowest BCUT2D eigenvalue weighted by atomic mass is 10.0. The molecule has 184 valence electrons. The Hall–Kier alpha value is -2.58. The molecule has 2 rings (SSSR count). The van der Waals surface area contributed by atoms with E-state index in [4.69, 9.17) is 43.4 Å². The van der Waals surface area contributed by atoms with E-state index in [1.807, 2.05) is 58.3 Å². The molecular weight excluding hydrogens is 454 g/mol. The first-order valence-corrected chi connectivity index (χ1v) is 11.5. The maximum Gasteiger partial charge on any atom is 0.394 e. The first-order valence-electron chi connectivity index (χ1n) is 10.1. The molecule has 0 amide bonds. The summed E-state index contributed by atoms with van der Waals surface area (Å²) in [5, 5.41) is 45.1. The van der Waals surface area contributed by atoms with Crippen molar-refractivity contribution < 1.29 is 37.9 Å². The highest BCUT2D eigenvalue weighted by atomic mass is 32.3. The number of aliphatic hydroxyl groups excluding tert-OH is 4. The highest BCUT2D eigenvalue weighted by Gasteiger charge is 2.10. The van der Waals surface area contributed by atoms with Crippen LogP contribution in [-0.2, 0) is 10.4 Å². The number of anilines is 2. The minimum atomic E-state index is -4.67. The van der Waals surface area contributed by atoms with Crippen LogP contribution >= 0.6 is 0 Å². The van der Waals surface area contributed by atoms with E-state index >= 15 is 0 Å². The fraction of sp³-hybridized carbons (Fsp3) is 0.381. The minimum absolute atomic E-state index is 0.00744. The molecule has 11 nitrogen and oxygen atoms in total. The van der Waals surface area contributed by atoms with Crippen molar-refractivity contribution >= 4 is 27.5 Å². The fourth-order valence-corrected chi connectivity index (χ4v) is 3.07. The predicted octanol–water partition coefficient (Wildman–Crippen LogP) is 0.0320. The van der Waals surface area contributed by atoms with Gasteiger partial charge >= 0.3 is 10.4 Å². The Labute approximate surface area is 193 Å². The summed E-state index contributed by atoms with van der Waals surface area (Å²) < 4.78 is 31.6. The fourth-order valence-electron chi connectivity index (χ4n) is 3.07. The summed E-state index contributed by atoms with van der Waals surface area (Å²) in [6, 6.07) is 15.0. The van der Waals surface area contributed by atoms with Crippen LogP contribution in [0.5, 0.6) is 0 Å². The van der Waals surface area contributed by atoms with Crippen molar-refractivity contribution in [1.82, 2.24) is 0 Å². The van der Waals surface area contributed by atoms with Gasteiger partial charge in [0.15, 0.2) is 0 Å². The van der Waals surface area contributed by atoms with Crippen LogP contribution in [0.4, 0.5) is 11.4 Å². The lowest BCUT2D eigenvalue weighted by Crippen LogP contribution is -2.29. The summed E-state index contributed by atoms with van der Waals surface area (Å²) in [5.41, 5.74) is 3.71. The van der Waals surface area contributed by atoms with Crippen LogP contribution in [-0.4, -0.2) is 96.3 Å². The van der Waals surface area contributed by atoms with E-state index in [9.17, 15) is 0 Å². The van der Waals surface area contributed by atoms with Crippen LogP contribution in [0.2, 0.25) is 0 Å². The molecule has 0 heterocycles. The molecule has 0 spiro atoms. The van der Waals surface area contributed by atoms with E-state index < -0.39 is 10.4 Å². The quantitative estimate of drug-likeness (QED) is 0.160. The van der Waals surface area contributed by atoms with Crippen LogP contribution in [0.1, 0.15) is 11.1 Å². The molecular formula is C21H31N3O8S. The maximum absolute atomic E-state index is 9.16. The topological polar surface area (TPSA) is 186 Å². The van der Waals surface area contributed by atoms with Crippen molar-refractivity contribution in [1.29, 1.82) is 5.41 Å². The molecule has 33 heavy (non-hydrogen) atoms. The standard InChI is InChI=1S/C21H29N3O4.H2O4S/c22-21(17-1-5-19(6-2-17)23(9-13-25)10-14-26)18-3-7-20(8-4-18)24(11-15-27)12-16-28;1-5(2,3)4/h1-8,22,25-28H,9-16H2;(H2,1,2,3,4). The van der Waals surface area contributed by atoms with Gasteiger partial charge < -0.3 is 30.2 Å². The zero-order chi connectivity index (χ0) is 24.9. The van der Waals surface area contributed by atoms with Crippen LogP contribution in [0, 0.1) is 5.41 Å². The van der Waals surface area contributed by atoms with Crippen molar-refractivity contribution in [2.75, 3.05) is 62.4 Å². The van der Waals surface area contributed by atoms with Gasteiger partial charge in [-0.1, -0.05) is 24.3 Å². The molecule has 0 atom stereocenters. The molecule has 0 aromatic heterocycles. The summed E-state index contributed by atoms with van der Waals surface area (Å²) in [4.78, 5) is 3.78. The van der Waals surface area contributed by atoms with Gasteiger partial charge in [0, 0.05) is 48.7 Å². The average molecular weight is 486 g/mol. The molecule has 0 saturated heterocycles. The highest BCUT2D eigenvalue weighted by molar-refractivity contribution is 7.79. The summed E-state index contributed by atoms with van der Waals surface area (Å²) in [7, 11) is -4.67. The number of benzene rings is 2.